The summed E-state index contributed by atoms with van der Waals surface area (Å²) in [7, 11) is 0. The lowest BCUT2D eigenvalue weighted by Crippen LogP contribution is -2.36. The van der Waals surface area contributed by atoms with Crippen molar-refractivity contribution in [3.63, 3.8) is 0 Å². The van der Waals surface area contributed by atoms with Crippen LogP contribution in [-0.4, -0.2) is 29.0 Å². The van der Waals surface area contributed by atoms with Crippen molar-refractivity contribution >= 4 is 29.3 Å². The summed E-state index contributed by atoms with van der Waals surface area (Å²) in [6.07, 6.45) is 1.28. The van der Waals surface area contributed by atoms with Gasteiger partial charge in [0.25, 0.3) is 5.91 Å². The van der Waals surface area contributed by atoms with E-state index < -0.39 is 0 Å². The summed E-state index contributed by atoms with van der Waals surface area (Å²) >= 11 is 1.68. The van der Waals surface area contributed by atoms with E-state index in [0.717, 1.165) is 23.4 Å². The number of hydrogen-bond donors (Lipinski definition) is 1. The molecule has 2 amide bonds. The number of amides is 2. The van der Waals surface area contributed by atoms with E-state index in [2.05, 4.69) is 23.5 Å². The van der Waals surface area contributed by atoms with Gasteiger partial charge in [0.2, 0.25) is 5.91 Å². The van der Waals surface area contributed by atoms with Crippen LogP contribution in [0.2, 0.25) is 0 Å². The van der Waals surface area contributed by atoms with E-state index in [-0.39, 0.29) is 11.8 Å². The van der Waals surface area contributed by atoms with Gasteiger partial charge in [-0.1, -0.05) is 42.5 Å². The first-order valence-electron chi connectivity index (χ1n) is 10.1. The molecule has 4 nitrogen and oxygen atoms in total. The Morgan fingerprint density at radius 2 is 1.63 bits per heavy atom. The zero-order chi connectivity index (χ0) is 20.8. The highest BCUT2D eigenvalue weighted by Gasteiger charge is 2.22. The fourth-order valence-corrected chi connectivity index (χ4v) is 4.45. The Balaban J connectivity index is 1.34. The number of nitrogens with zero attached hydrogens (tertiary/aromatic N) is 1. The van der Waals surface area contributed by atoms with Crippen molar-refractivity contribution in [2.24, 2.45) is 0 Å². The van der Waals surface area contributed by atoms with Crippen molar-refractivity contribution < 1.29 is 9.59 Å². The van der Waals surface area contributed by atoms with E-state index in [1.807, 2.05) is 65.6 Å². The van der Waals surface area contributed by atoms with E-state index in [1.165, 1.54) is 10.5 Å². The molecule has 1 aliphatic heterocycles. The van der Waals surface area contributed by atoms with Crippen LogP contribution in [0.1, 0.15) is 27.9 Å². The molecule has 4 rings (SSSR count). The molecule has 0 fully saturated rings. The summed E-state index contributed by atoms with van der Waals surface area (Å²) in [5.74, 6) is 0.792. The molecule has 3 aromatic carbocycles. The molecule has 1 N–H and O–H groups in total. The number of benzene rings is 3. The van der Waals surface area contributed by atoms with Gasteiger partial charge in [0.15, 0.2) is 0 Å². The van der Waals surface area contributed by atoms with Crippen LogP contribution in [0.25, 0.3) is 0 Å². The van der Waals surface area contributed by atoms with Crippen LogP contribution >= 0.6 is 11.8 Å². The van der Waals surface area contributed by atoms with E-state index >= 15 is 0 Å². The van der Waals surface area contributed by atoms with E-state index in [1.54, 1.807) is 11.8 Å². The third-order valence-corrected chi connectivity index (χ3v) is 6.17. The molecular weight excluding hydrogens is 392 g/mol. The maximum atomic E-state index is 12.8. The van der Waals surface area contributed by atoms with Gasteiger partial charge in [0.05, 0.1) is 0 Å². The van der Waals surface area contributed by atoms with Crippen molar-refractivity contribution in [1.29, 1.82) is 0 Å². The Labute approximate surface area is 181 Å². The first-order chi connectivity index (χ1) is 14.7. The lowest BCUT2D eigenvalue weighted by Gasteiger charge is -2.29. The Morgan fingerprint density at radius 3 is 2.40 bits per heavy atom. The smallest absolute Gasteiger partial charge is 0.254 e. The molecule has 30 heavy (non-hydrogen) atoms. The van der Waals surface area contributed by atoms with Gasteiger partial charge in [0, 0.05) is 41.4 Å². The Morgan fingerprint density at radius 1 is 0.900 bits per heavy atom. The van der Waals surface area contributed by atoms with Crippen molar-refractivity contribution in [2.45, 2.75) is 24.3 Å². The van der Waals surface area contributed by atoms with Crippen molar-refractivity contribution in [3.05, 3.63) is 95.6 Å². The number of carbonyl (C=O) groups is 2. The zero-order valence-electron chi connectivity index (χ0n) is 16.7. The fraction of sp³-hybridized carbons (Fsp3) is 0.200. The van der Waals surface area contributed by atoms with Crippen molar-refractivity contribution in [3.8, 4) is 0 Å². The third kappa shape index (κ3) is 5.10. The first kappa shape index (κ1) is 20.2. The van der Waals surface area contributed by atoms with Crippen LogP contribution in [0, 0.1) is 0 Å². The first-order valence-corrected chi connectivity index (χ1v) is 11.1. The summed E-state index contributed by atoms with van der Waals surface area (Å²) in [5, 5.41) is 3.00. The summed E-state index contributed by atoms with van der Waals surface area (Å²) < 4.78 is 0. The van der Waals surface area contributed by atoms with E-state index in [0.29, 0.717) is 25.1 Å². The van der Waals surface area contributed by atoms with E-state index in [4.69, 9.17) is 0 Å². The second-order valence-electron chi connectivity index (χ2n) is 7.29. The molecule has 5 heteroatoms. The summed E-state index contributed by atoms with van der Waals surface area (Å²) in [4.78, 5) is 28.1. The van der Waals surface area contributed by atoms with Gasteiger partial charge in [-0.15, -0.1) is 11.8 Å². The summed E-state index contributed by atoms with van der Waals surface area (Å²) in [5.41, 5.74) is 3.84. The van der Waals surface area contributed by atoms with Crippen LogP contribution in [0.5, 0.6) is 0 Å². The number of hydrogen-bond acceptors (Lipinski definition) is 3. The van der Waals surface area contributed by atoms with Gasteiger partial charge in [0.1, 0.15) is 0 Å². The topological polar surface area (TPSA) is 49.4 Å². The molecule has 152 valence electrons. The van der Waals surface area contributed by atoms with Crippen molar-refractivity contribution in [1.82, 2.24) is 4.90 Å². The molecule has 1 aliphatic rings. The zero-order valence-corrected chi connectivity index (χ0v) is 17.5. The molecule has 1 heterocycles. The fourth-order valence-electron chi connectivity index (χ4n) is 3.57. The average molecular weight is 417 g/mol. The molecule has 0 aromatic heterocycles. The molecular formula is C25H24N2O2S. The number of nitrogens with one attached hydrogen (secondary N) is 1. The minimum atomic E-state index is 0.00593. The standard InChI is InChI=1S/C25H24N2O2S/c28-24(14-16-30-23-9-5-2-6-10-23)26-22-12-11-19-13-15-27(18-21(19)17-22)25(29)20-7-3-1-4-8-20/h1-12,17H,13-16,18H2,(H,26,28). The lowest BCUT2D eigenvalue weighted by molar-refractivity contribution is -0.115. The Kier molecular flexibility index (Phi) is 6.50. The maximum Gasteiger partial charge on any atom is 0.254 e. The second kappa shape index (κ2) is 9.63. The Bertz CT molecular complexity index is 1020. The molecule has 0 saturated carbocycles. The third-order valence-electron chi connectivity index (χ3n) is 5.15. The largest absolute Gasteiger partial charge is 0.334 e. The number of carbonyl (C=O) groups excluding carboxylic acids is 2. The van der Waals surface area contributed by atoms with E-state index in [9.17, 15) is 9.59 Å². The quantitative estimate of drug-likeness (QED) is 0.575. The number of thioether (sulfide) groups is 1. The van der Waals surface area contributed by atoms with Gasteiger partial charge in [-0.05, 0) is 53.9 Å². The van der Waals surface area contributed by atoms with Gasteiger partial charge >= 0.3 is 0 Å². The molecule has 0 unspecified atom stereocenters. The lowest BCUT2D eigenvalue weighted by atomic mass is 9.98. The van der Waals surface area contributed by atoms with Gasteiger partial charge in [-0.2, -0.15) is 0 Å². The molecule has 0 aliphatic carbocycles. The van der Waals surface area contributed by atoms with Gasteiger partial charge < -0.3 is 10.2 Å². The predicted molar refractivity (Wildman–Crippen MR) is 122 cm³/mol. The van der Waals surface area contributed by atoms with Crippen LogP contribution < -0.4 is 5.32 Å². The minimum absolute atomic E-state index is 0.00593. The highest BCUT2D eigenvalue weighted by molar-refractivity contribution is 7.99. The van der Waals surface area contributed by atoms with Gasteiger partial charge in [-0.25, -0.2) is 0 Å². The second-order valence-corrected chi connectivity index (χ2v) is 8.45. The van der Waals surface area contributed by atoms with Crippen molar-refractivity contribution in [2.75, 3.05) is 17.6 Å². The van der Waals surface area contributed by atoms with Gasteiger partial charge in [-0.3, -0.25) is 9.59 Å². The van der Waals surface area contributed by atoms with Crippen LogP contribution in [0.4, 0.5) is 5.69 Å². The SMILES string of the molecule is O=C(CCSc1ccccc1)Nc1ccc2c(c1)CN(C(=O)c1ccccc1)CC2. The molecule has 0 spiro atoms. The monoisotopic (exact) mass is 416 g/mol. The van der Waals surface area contributed by atoms with Crippen LogP contribution in [0.3, 0.4) is 0 Å². The molecule has 0 atom stereocenters. The van der Waals surface area contributed by atoms with Crippen LogP contribution in [-0.2, 0) is 17.8 Å². The highest BCUT2D eigenvalue weighted by Crippen LogP contribution is 2.24. The number of anilines is 1. The normalized spacial score (nSPS) is 12.9. The van der Waals surface area contributed by atoms with Crippen LogP contribution in [0.15, 0.2) is 83.8 Å². The average Bonchev–Trinajstić information content (AvgIpc) is 2.79. The number of rotatable bonds is 6. The molecule has 0 radical (unpaired) electrons. The summed E-state index contributed by atoms with van der Waals surface area (Å²) in [6, 6.07) is 25.5. The molecule has 0 saturated heterocycles. The highest BCUT2D eigenvalue weighted by atomic mass is 32.2. The molecule has 0 bridgehead atoms. The minimum Gasteiger partial charge on any atom is -0.334 e. The maximum absolute atomic E-state index is 12.8. The molecule has 3 aromatic rings. The predicted octanol–water partition coefficient (Wildman–Crippen LogP) is 5.01. The number of fused-ring (bicyclic) bond motifs is 1. The Hall–Kier alpha value is -3.05. The summed E-state index contributed by atoms with van der Waals surface area (Å²) in [6.45, 7) is 1.28.